The molecular weight excluding hydrogens is 1820 g/mol. The number of carbonyl (C=O) groups is 22. The monoisotopic (exact) mass is 1950 g/mol. The lowest BCUT2D eigenvalue weighted by atomic mass is 9.84. The third kappa shape index (κ3) is 36.3. The zero-order valence-electron chi connectivity index (χ0n) is 78.1. The van der Waals surface area contributed by atoms with Gasteiger partial charge in [0.05, 0.1) is 32.2 Å². The van der Waals surface area contributed by atoms with Crippen molar-refractivity contribution >= 4 is 136 Å². The largest absolute Gasteiger partial charge is 0.508 e. The first-order chi connectivity index (χ1) is 66.0. The fourth-order valence-electron chi connectivity index (χ4n) is 17.2. The molecule has 18 amide bonds. The number of benzene rings is 2. The Hall–Kier alpha value is -14.2. The smallest absolute Gasteiger partial charge is 0.303 e. The maximum atomic E-state index is 15.0. The molecule has 26 N–H and O–H groups in total. The van der Waals surface area contributed by atoms with Crippen LogP contribution in [0.25, 0.3) is 0 Å². The molecule has 0 spiro atoms. The van der Waals surface area contributed by atoms with Crippen LogP contribution in [0.15, 0.2) is 54.6 Å². The second kappa shape index (κ2) is 55.9. The lowest BCUT2D eigenvalue weighted by Crippen LogP contribution is -2.61. The molecule has 15 atom stereocenters. The van der Waals surface area contributed by atoms with Crippen molar-refractivity contribution in [1.29, 1.82) is 5.41 Å². The number of guanidine groups is 1. The first-order valence-electron chi connectivity index (χ1n) is 46.9. The van der Waals surface area contributed by atoms with E-state index in [1.54, 1.807) is 13.8 Å². The number of nitrogens with one attached hydrogen (secondary N) is 15. The van der Waals surface area contributed by atoms with Gasteiger partial charge in [-0.15, -0.1) is 0 Å². The van der Waals surface area contributed by atoms with Gasteiger partial charge in [0, 0.05) is 64.8 Å². The molecule has 1 aliphatic carbocycles. The number of primary amides is 1. The minimum Gasteiger partial charge on any atom is -0.508 e. The summed E-state index contributed by atoms with van der Waals surface area (Å²) in [6.45, 7) is 1.81. The number of amides is 18. The van der Waals surface area contributed by atoms with Crippen LogP contribution in [0, 0.1) is 17.2 Å². The first kappa shape index (κ1) is 112. The lowest BCUT2D eigenvalue weighted by Gasteiger charge is -2.34. The van der Waals surface area contributed by atoms with Gasteiger partial charge in [-0.05, 0) is 145 Å². The van der Waals surface area contributed by atoms with Crippen LogP contribution in [0.5, 0.6) is 5.75 Å². The molecule has 5 fully saturated rings. The minimum absolute atomic E-state index is 0.0256. The van der Waals surface area contributed by atoms with Gasteiger partial charge in [-0.25, -0.2) is 0 Å². The Morgan fingerprint density at radius 1 is 0.388 bits per heavy atom. The normalized spacial score (nSPS) is 18.6. The predicted octanol–water partition coefficient (Wildman–Crippen LogP) is -5.46. The molecule has 0 aromatic heterocycles. The molecule has 764 valence electrons. The summed E-state index contributed by atoms with van der Waals surface area (Å²) in [6.07, 6.45) is 1.06. The number of carboxylic acid groups (broad SMARTS) is 4. The topological polar surface area (TPSA) is 760 Å². The first-order valence-corrected chi connectivity index (χ1v) is 46.9. The van der Waals surface area contributed by atoms with E-state index >= 15 is 0 Å². The van der Waals surface area contributed by atoms with Crippen molar-refractivity contribution in [2.45, 2.75) is 279 Å². The van der Waals surface area contributed by atoms with Crippen LogP contribution in [0.2, 0.25) is 0 Å². The molecule has 49 nitrogen and oxygen atoms in total. The molecule has 4 saturated heterocycles. The minimum atomic E-state index is -1.79. The number of phenols is 1. The van der Waals surface area contributed by atoms with Crippen LogP contribution in [-0.2, 0) is 118 Å². The van der Waals surface area contributed by atoms with Gasteiger partial charge in [-0.3, -0.25) is 111 Å². The fourth-order valence-corrected chi connectivity index (χ4v) is 17.2. The summed E-state index contributed by atoms with van der Waals surface area (Å²) in [5.41, 5.74) is 18.4. The SMILES string of the molecule is CC[C@H](C)[C@H](NC(=O)[C@@H]1CCCN1C(=O)[C@H](CCC(=O)O)NC(=O)[C@H](Cc1ccc(O)cc1)NC(=O)CNC(=O)CNC(=O)CNC(=O)CNC(=O)[C@@H]1CCCN1C(=O)[C@H](CCCNC(=N)N)NC(=O)[C@@H]1CCCN1C(=O)[C@H](N)Cc1ccccc1)C(=O)N1CCC[C@H]1C(=O)N[C@@H](CCC(=O)O)C(=O)N[C@@H](CCC(=O)O)C(=O)N[C@@H](C)C(=O)N[C@@H](CC1CCCCC1)C(=O)N[C@@H](CCC(=O)O)C(N)=O. The lowest BCUT2D eigenvalue weighted by molar-refractivity contribution is -0.146. The van der Waals surface area contributed by atoms with E-state index in [0.29, 0.717) is 37.7 Å². The molecule has 2 aromatic carbocycles. The number of aliphatic carboxylic acids is 4. The summed E-state index contributed by atoms with van der Waals surface area (Å²) in [7, 11) is 0. The number of aromatic hydroxyl groups is 1. The van der Waals surface area contributed by atoms with Gasteiger partial charge in [0.1, 0.15) is 84.3 Å². The molecule has 1 saturated carbocycles. The third-order valence-electron chi connectivity index (χ3n) is 24.9. The van der Waals surface area contributed by atoms with Crippen LogP contribution in [-0.4, -0.2) is 325 Å². The summed E-state index contributed by atoms with van der Waals surface area (Å²) in [4.78, 5) is 302. The highest BCUT2D eigenvalue weighted by Gasteiger charge is 2.47. The van der Waals surface area contributed by atoms with E-state index in [4.69, 9.17) is 22.6 Å². The van der Waals surface area contributed by atoms with Crippen molar-refractivity contribution in [3.63, 3.8) is 0 Å². The molecule has 7 rings (SSSR count). The number of rotatable bonds is 55. The number of nitrogens with zero attached hydrogens (tertiary/aromatic N) is 4. The molecule has 49 heteroatoms. The summed E-state index contributed by atoms with van der Waals surface area (Å²) >= 11 is 0. The average Bonchev–Trinajstić information content (AvgIpc) is 1.76. The number of hydrogen-bond acceptors (Lipinski definition) is 25. The highest BCUT2D eigenvalue weighted by molar-refractivity contribution is 6.02. The van der Waals surface area contributed by atoms with Crippen LogP contribution in [0.4, 0.5) is 0 Å². The average molecular weight is 1950 g/mol. The van der Waals surface area contributed by atoms with Crippen molar-refractivity contribution in [2.75, 3.05) is 58.9 Å². The molecule has 5 aliphatic rings. The zero-order chi connectivity index (χ0) is 102. The van der Waals surface area contributed by atoms with Gasteiger partial charge in [-0.2, -0.15) is 0 Å². The van der Waals surface area contributed by atoms with Crippen molar-refractivity contribution in [1.82, 2.24) is 94.0 Å². The van der Waals surface area contributed by atoms with E-state index < -0.39 is 292 Å². The van der Waals surface area contributed by atoms with Crippen molar-refractivity contribution in [3.8, 4) is 5.75 Å². The maximum absolute atomic E-state index is 15.0. The fraction of sp³-hybridized carbons (Fsp3) is 0.611. The van der Waals surface area contributed by atoms with Crippen LogP contribution < -0.4 is 91.6 Å². The summed E-state index contributed by atoms with van der Waals surface area (Å²) in [5.74, 6) is -22.8. The Balaban J connectivity index is 0.928. The van der Waals surface area contributed by atoms with Gasteiger partial charge in [0.2, 0.25) is 106 Å². The molecule has 0 unspecified atom stereocenters. The Morgan fingerprint density at radius 3 is 1.28 bits per heavy atom. The molecule has 2 aromatic rings. The van der Waals surface area contributed by atoms with E-state index in [-0.39, 0.29) is 127 Å². The number of nitrogens with two attached hydrogens (primary N) is 3. The number of hydrogen-bond donors (Lipinski definition) is 23. The molecule has 4 aliphatic heterocycles. The highest BCUT2D eigenvalue weighted by atomic mass is 16.4. The van der Waals surface area contributed by atoms with Gasteiger partial charge >= 0.3 is 23.9 Å². The Bertz CT molecular complexity index is 4730. The Morgan fingerprint density at radius 2 is 0.784 bits per heavy atom. The summed E-state index contributed by atoms with van der Waals surface area (Å²) in [6, 6.07) is -5.08. The van der Waals surface area contributed by atoms with Crippen LogP contribution >= 0.6 is 0 Å². The highest BCUT2D eigenvalue weighted by Crippen LogP contribution is 2.30. The van der Waals surface area contributed by atoms with E-state index in [1.165, 1.54) is 41.0 Å². The second-order valence-corrected chi connectivity index (χ2v) is 35.4. The molecular formula is C90H132N22O27. The van der Waals surface area contributed by atoms with Crippen LogP contribution in [0.3, 0.4) is 0 Å². The number of carboxylic acids is 4. The van der Waals surface area contributed by atoms with Gasteiger partial charge in [-0.1, -0.05) is 94.8 Å². The van der Waals surface area contributed by atoms with Crippen LogP contribution in [0.1, 0.15) is 192 Å². The van der Waals surface area contributed by atoms with E-state index in [9.17, 15) is 131 Å². The van der Waals surface area contributed by atoms with Gasteiger partial charge in [0.25, 0.3) is 0 Å². The van der Waals surface area contributed by atoms with E-state index in [0.717, 1.165) is 34.6 Å². The molecule has 139 heavy (non-hydrogen) atoms. The standard InChI is InChI=1S/C90H132N22O27/c1-4-49(2)75(89(139)112-41-15-23-65(112)83(133)104-58(31-35-73(122)123)79(129)103-57(30-34-72(120)121)78(128)100-50(3)77(127)107-62(43-52-18-9-6-10-19-52)81(131)102-56(76(92)126)29-33-71(118)119)108-85(135)66-24-14-40-111(66)88(138)60(32-36-74(124)125)105-80(130)61(44-53-25-27-54(113)28-26-53)101-70(117)48-98-68(115)46-96-67(114)45-97-69(116)47-99-82(132)63-21-12-39-110(63)87(137)59(20-11-37-95-90(93)94)106-84(134)64-22-13-38-109(64)86(136)55(91)42-51-16-7-5-8-17-51/h5,7-8,16-17,25-28,49-50,52,55-66,75,113H,4,6,9-15,18-24,29-48,91H2,1-3H3,(H2,92,126)(H,96,114)(H,97,116)(H,98,115)(H,99,132)(H,100,128)(H,101,117)(H,102,131)(H,103,129)(H,104,133)(H,105,130)(H,106,134)(H,107,127)(H,108,135)(H,118,119)(H,120,121)(H,122,123)(H,124,125)(H4,93,94,95)/t49-,50-,55+,56-,57-,58-,59-,60-,61-,62-,63-,64-,65-,66-,75-/m0/s1. The van der Waals surface area contributed by atoms with Crippen molar-refractivity contribution < 1.29 is 131 Å². The second-order valence-electron chi connectivity index (χ2n) is 35.4. The van der Waals surface area contributed by atoms with E-state index in [2.05, 4.69) is 74.4 Å². The quantitative estimate of drug-likeness (QED) is 0.0167. The van der Waals surface area contributed by atoms with Crippen molar-refractivity contribution in [3.05, 3.63) is 65.7 Å². The maximum Gasteiger partial charge on any atom is 0.303 e. The van der Waals surface area contributed by atoms with E-state index in [1.807, 2.05) is 30.3 Å². The molecule has 0 radical (unpaired) electrons. The Labute approximate surface area is 801 Å². The van der Waals surface area contributed by atoms with Gasteiger partial charge < -0.3 is 137 Å². The third-order valence-corrected chi connectivity index (χ3v) is 24.9. The molecule has 0 bridgehead atoms. The summed E-state index contributed by atoms with van der Waals surface area (Å²) in [5, 5.41) is 90.8. The number of phenolic OH excluding ortho intramolecular Hbond substituents is 1. The molecule has 4 heterocycles. The Kier molecular flexibility index (Phi) is 44.9. The number of carbonyl (C=O) groups excluding carboxylic acids is 18. The summed E-state index contributed by atoms with van der Waals surface area (Å²) < 4.78 is 0. The predicted molar refractivity (Wildman–Crippen MR) is 490 cm³/mol. The van der Waals surface area contributed by atoms with Crippen molar-refractivity contribution in [2.24, 2.45) is 29.0 Å². The number of likely N-dealkylation sites (tertiary alicyclic amines) is 4. The van der Waals surface area contributed by atoms with Gasteiger partial charge in [0.15, 0.2) is 5.96 Å². The zero-order valence-corrected chi connectivity index (χ0v) is 78.1.